The van der Waals surface area contributed by atoms with Gasteiger partial charge in [0.2, 0.25) is 5.91 Å². The lowest BCUT2D eigenvalue weighted by Crippen LogP contribution is -2.26. The minimum absolute atomic E-state index is 0.251. The smallest absolute Gasteiger partial charge is 0.305 e. The van der Waals surface area contributed by atoms with Gasteiger partial charge in [-0.25, -0.2) is 0 Å². The highest BCUT2D eigenvalue weighted by Gasteiger charge is 2.32. The lowest BCUT2D eigenvalue weighted by atomic mass is 10.2. The molecular weight excluding hydrogens is 374 g/mol. The molecule has 0 bridgehead atoms. The van der Waals surface area contributed by atoms with Gasteiger partial charge in [0.1, 0.15) is 11.0 Å². The van der Waals surface area contributed by atoms with Gasteiger partial charge in [-0.2, -0.15) is 5.10 Å². The van der Waals surface area contributed by atoms with E-state index in [2.05, 4.69) is 31.4 Å². The number of hydrogen-bond donors (Lipinski definition) is 2. The maximum atomic E-state index is 11.5. The summed E-state index contributed by atoms with van der Waals surface area (Å²) in [5.41, 5.74) is 0.720. The van der Waals surface area contributed by atoms with E-state index in [0.29, 0.717) is 5.75 Å². The van der Waals surface area contributed by atoms with Gasteiger partial charge in [0.15, 0.2) is 5.17 Å². The molecule has 1 aliphatic rings. The Kier molecular flexibility index (Phi) is 5.56. The van der Waals surface area contributed by atoms with Gasteiger partial charge in [0.05, 0.1) is 19.7 Å². The zero-order chi connectivity index (χ0) is 16.1. The Labute approximate surface area is 139 Å². The number of nitrogens with one attached hydrogen (secondary N) is 1. The molecule has 0 aliphatic carbocycles. The average molecular weight is 386 g/mol. The first kappa shape index (κ1) is 16.5. The van der Waals surface area contributed by atoms with Crippen molar-refractivity contribution in [3.05, 3.63) is 28.2 Å². The van der Waals surface area contributed by atoms with E-state index < -0.39 is 11.2 Å². The summed E-state index contributed by atoms with van der Waals surface area (Å²) in [5.74, 6) is -0.767. The van der Waals surface area contributed by atoms with Gasteiger partial charge < -0.3 is 15.2 Å². The Hall–Kier alpha value is -1.87. The summed E-state index contributed by atoms with van der Waals surface area (Å²) in [7, 11) is 1.55. The van der Waals surface area contributed by atoms with Crippen molar-refractivity contribution in [2.45, 2.75) is 11.7 Å². The van der Waals surface area contributed by atoms with Crippen LogP contribution in [-0.4, -0.2) is 40.7 Å². The normalized spacial score (nSPS) is 19.6. The summed E-state index contributed by atoms with van der Waals surface area (Å²) in [6, 6.07) is 5.44. The molecule has 7 nitrogen and oxygen atoms in total. The van der Waals surface area contributed by atoms with E-state index in [1.807, 2.05) is 12.1 Å². The van der Waals surface area contributed by atoms with Gasteiger partial charge in [-0.15, -0.1) is 5.10 Å². The Morgan fingerprint density at radius 1 is 1.59 bits per heavy atom. The van der Waals surface area contributed by atoms with E-state index in [0.717, 1.165) is 21.8 Å². The standard InChI is InChI=1S/C13H12BrN3O4S/c1-21-9-3-2-8(14)4-7(9)6-15-17-13-16-12(20)10(22-13)5-11(18)19/h2-4,6,10H,5H2,1H3,(H,18,19)(H,16,17,20)/b15-6+. The Bertz CT molecular complexity index is 663. The summed E-state index contributed by atoms with van der Waals surface area (Å²) in [5, 5.41) is 18.6. The van der Waals surface area contributed by atoms with Gasteiger partial charge in [0, 0.05) is 10.0 Å². The van der Waals surface area contributed by atoms with Crippen molar-refractivity contribution in [2.24, 2.45) is 10.2 Å². The van der Waals surface area contributed by atoms with Gasteiger partial charge in [-0.3, -0.25) is 9.59 Å². The number of rotatable bonds is 5. The van der Waals surface area contributed by atoms with Crippen molar-refractivity contribution in [2.75, 3.05) is 7.11 Å². The second kappa shape index (κ2) is 7.41. The molecule has 1 fully saturated rings. The second-order valence-electron chi connectivity index (χ2n) is 4.23. The SMILES string of the molecule is COc1ccc(Br)cc1/C=N/N=C1/NC(=O)C(CC(=O)O)S1. The van der Waals surface area contributed by atoms with Crippen LogP contribution in [0.15, 0.2) is 32.9 Å². The van der Waals surface area contributed by atoms with Crippen LogP contribution < -0.4 is 10.1 Å². The molecule has 1 amide bonds. The first-order valence-corrected chi connectivity index (χ1v) is 7.80. The molecule has 1 unspecified atom stereocenters. The van der Waals surface area contributed by atoms with Crippen LogP contribution in [0.1, 0.15) is 12.0 Å². The second-order valence-corrected chi connectivity index (χ2v) is 6.34. The van der Waals surface area contributed by atoms with E-state index in [9.17, 15) is 9.59 Å². The first-order valence-electron chi connectivity index (χ1n) is 6.13. The highest BCUT2D eigenvalue weighted by atomic mass is 79.9. The molecule has 0 aromatic heterocycles. The molecule has 1 aromatic rings. The van der Waals surface area contributed by atoms with Crippen LogP contribution in [-0.2, 0) is 9.59 Å². The Morgan fingerprint density at radius 3 is 3.05 bits per heavy atom. The number of ether oxygens (including phenoxy) is 1. The highest BCUT2D eigenvalue weighted by molar-refractivity contribution is 9.10. The van der Waals surface area contributed by atoms with Crippen molar-refractivity contribution in [3.8, 4) is 5.75 Å². The highest BCUT2D eigenvalue weighted by Crippen LogP contribution is 2.23. The lowest BCUT2D eigenvalue weighted by molar-refractivity contribution is -0.138. The number of nitrogens with zero attached hydrogens (tertiary/aromatic N) is 2. The number of carbonyl (C=O) groups is 2. The van der Waals surface area contributed by atoms with Crippen LogP contribution in [0, 0.1) is 0 Å². The lowest BCUT2D eigenvalue weighted by Gasteiger charge is -2.03. The summed E-state index contributed by atoms with van der Waals surface area (Å²) >= 11 is 4.40. The predicted molar refractivity (Wildman–Crippen MR) is 87.5 cm³/mol. The van der Waals surface area contributed by atoms with Crippen LogP contribution in [0.5, 0.6) is 5.75 Å². The Morgan fingerprint density at radius 2 is 2.36 bits per heavy atom. The van der Waals surface area contributed by atoms with Gasteiger partial charge >= 0.3 is 5.97 Å². The number of halogens is 1. The van der Waals surface area contributed by atoms with Crippen LogP contribution in [0.3, 0.4) is 0 Å². The Balaban J connectivity index is 2.07. The number of hydrogen-bond acceptors (Lipinski definition) is 6. The molecule has 9 heteroatoms. The van der Waals surface area contributed by atoms with Crippen molar-refractivity contribution in [1.82, 2.24) is 5.32 Å². The van der Waals surface area contributed by atoms with E-state index >= 15 is 0 Å². The van der Waals surface area contributed by atoms with E-state index in [-0.39, 0.29) is 17.5 Å². The number of carbonyl (C=O) groups excluding carboxylic acids is 1. The predicted octanol–water partition coefficient (Wildman–Crippen LogP) is 1.85. The molecule has 1 aromatic carbocycles. The maximum Gasteiger partial charge on any atom is 0.305 e. The maximum absolute atomic E-state index is 11.5. The minimum atomic E-state index is -1.03. The number of amidine groups is 1. The number of aliphatic carboxylic acids is 1. The molecule has 1 atom stereocenters. The molecule has 2 rings (SSSR count). The molecule has 22 heavy (non-hydrogen) atoms. The summed E-state index contributed by atoms with van der Waals surface area (Å²) < 4.78 is 6.07. The van der Waals surface area contributed by atoms with Crippen LogP contribution in [0.2, 0.25) is 0 Å². The molecule has 1 saturated heterocycles. The van der Waals surface area contributed by atoms with Crippen LogP contribution in [0.25, 0.3) is 0 Å². The summed E-state index contributed by atoms with van der Waals surface area (Å²) in [6.45, 7) is 0. The van der Waals surface area contributed by atoms with Crippen LogP contribution >= 0.6 is 27.7 Å². The molecule has 2 N–H and O–H groups in total. The fraction of sp³-hybridized carbons (Fsp3) is 0.231. The fourth-order valence-electron chi connectivity index (χ4n) is 1.69. The molecule has 1 aliphatic heterocycles. The van der Waals surface area contributed by atoms with E-state index in [1.54, 1.807) is 13.2 Å². The van der Waals surface area contributed by atoms with Gasteiger partial charge in [0.25, 0.3) is 0 Å². The first-order chi connectivity index (χ1) is 10.5. The van der Waals surface area contributed by atoms with E-state index in [1.165, 1.54) is 6.21 Å². The molecule has 0 radical (unpaired) electrons. The molecule has 116 valence electrons. The molecular formula is C13H12BrN3O4S. The quantitative estimate of drug-likeness (QED) is 0.594. The largest absolute Gasteiger partial charge is 0.496 e. The zero-order valence-corrected chi connectivity index (χ0v) is 13.8. The van der Waals surface area contributed by atoms with Crippen molar-refractivity contribution >= 4 is 51.0 Å². The number of thioether (sulfide) groups is 1. The third-order valence-electron chi connectivity index (χ3n) is 2.67. The topological polar surface area (TPSA) is 100 Å². The number of methoxy groups -OCH3 is 1. The number of benzene rings is 1. The van der Waals surface area contributed by atoms with Crippen molar-refractivity contribution in [3.63, 3.8) is 0 Å². The zero-order valence-electron chi connectivity index (χ0n) is 11.4. The fourth-order valence-corrected chi connectivity index (χ4v) is 2.99. The molecule has 1 heterocycles. The summed E-state index contributed by atoms with van der Waals surface area (Å²) in [4.78, 5) is 22.2. The number of carboxylic acids is 1. The van der Waals surface area contributed by atoms with E-state index in [4.69, 9.17) is 9.84 Å². The van der Waals surface area contributed by atoms with Crippen molar-refractivity contribution in [1.29, 1.82) is 0 Å². The molecule has 0 saturated carbocycles. The monoisotopic (exact) mass is 385 g/mol. The van der Waals surface area contributed by atoms with Crippen LogP contribution in [0.4, 0.5) is 0 Å². The third kappa shape index (κ3) is 4.31. The van der Waals surface area contributed by atoms with Gasteiger partial charge in [-0.1, -0.05) is 27.7 Å². The van der Waals surface area contributed by atoms with Crippen molar-refractivity contribution < 1.29 is 19.4 Å². The average Bonchev–Trinajstić information content (AvgIpc) is 2.78. The molecule has 0 spiro atoms. The third-order valence-corrected chi connectivity index (χ3v) is 4.24. The number of carboxylic acid groups (broad SMARTS) is 1. The minimum Gasteiger partial charge on any atom is -0.496 e. The van der Waals surface area contributed by atoms with Gasteiger partial charge in [-0.05, 0) is 18.2 Å². The number of amides is 1. The summed E-state index contributed by atoms with van der Waals surface area (Å²) in [6.07, 6.45) is 1.24.